The summed E-state index contributed by atoms with van der Waals surface area (Å²) in [6.45, 7) is 1.82. The number of rotatable bonds is 13. The van der Waals surface area contributed by atoms with Crippen LogP contribution in [0.5, 0.6) is 0 Å². The van der Waals surface area contributed by atoms with E-state index in [1.54, 1.807) is 4.90 Å². The first-order valence-corrected chi connectivity index (χ1v) is 17.3. The molecule has 0 aromatic heterocycles. The lowest BCUT2D eigenvalue weighted by Gasteiger charge is -2.39. The molecular weight excluding hydrogens is 596 g/mol. The number of benzene rings is 4. The van der Waals surface area contributed by atoms with E-state index in [4.69, 9.17) is 5.73 Å². The fourth-order valence-corrected chi connectivity index (χ4v) is 7.88. The maximum absolute atomic E-state index is 15.0. The second-order valence-corrected chi connectivity index (χ2v) is 13.1. The Bertz CT molecular complexity index is 1610. The van der Waals surface area contributed by atoms with Gasteiger partial charge in [0.2, 0.25) is 17.7 Å². The Kier molecular flexibility index (Phi) is 10.7. The molecule has 2 saturated heterocycles. The summed E-state index contributed by atoms with van der Waals surface area (Å²) >= 11 is 0. The number of carbonyl (C=O) groups excluding carboxylic acids is 3. The first kappa shape index (κ1) is 33.2. The molecule has 4 aromatic rings. The van der Waals surface area contributed by atoms with Crippen molar-refractivity contribution in [2.24, 2.45) is 5.73 Å². The van der Waals surface area contributed by atoms with Crippen LogP contribution in [-0.2, 0) is 20.9 Å². The van der Waals surface area contributed by atoms with Gasteiger partial charge in [0.15, 0.2) is 0 Å². The van der Waals surface area contributed by atoms with Crippen molar-refractivity contribution in [1.29, 1.82) is 0 Å². The van der Waals surface area contributed by atoms with Crippen LogP contribution in [0.25, 0.3) is 0 Å². The molecule has 3 amide bonds. The molecule has 0 saturated carbocycles. The summed E-state index contributed by atoms with van der Waals surface area (Å²) in [5, 5.41) is 3.10. The van der Waals surface area contributed by atoms with E-state index >= 15 is 4.79 Å². The first-order valence-electron chi connectivity index (χ1n) is 17.3. The highest BCUT2D eigenvalue weighted by molar-refractivity contribution is 5.98. The summed E-state index contributed by atoms with van der Waals surface area (Å²) in [4.78, 5) is 47.2. The molecular formula is C41H46N4O3. The minimum absolute atomic E-state index is 0.0328. The van der Waals surface area contributed by atoms with Crippen LogP contribution in [0.2, 0.25) is 0 Å². The van der Waals surface area contributed by atoms with Crippen LogP contribution in [-0.4, -0.2) is 58.7 Å². The van der Waals surface area contributed by atoms with Crippen molar-refractivity contribution in [3.63, 3.8) is 0 Å². The summed E-state index contributed by atoms with van der Waals surface area (Å²) in [6, 6.07) is 39.5. The molecule has 1 spiro atoms. The zero-order chi connectivity index (χ0) is 33.3. The standard InChI is InChI=1S/C41H46N4O3/c42-26-14-13-23-37(39(47)43-30-31-15-5-1-6-16-31)44-28-25-41(40(44)48)36(34-21-11-4-12-22-34)24-27-45(41)38(46)29-35(32-17-7-2-8-18-32)33-19-9-3-10-20-33/h1-12,15-22,35-37H,13-14,23-30,42H2,(H,43,47)/t36-,37+,41+/m1/s1. The lowest BCUT2D eigenvalue weighted by Crippen LogP contribution is -2.58. The largest absolute Gasteiger partial charge is 0.350 e. The molecule has 0 unspecified atom stereocenters. The Labute approximate surface area is 284 Å². The molecule has 0 radical (unpaired) electrons. The second kappa shape index (κ2) is 15.4. The normalized spacial score (nSPS) is 19.6. The van der Waals surface area contributed by atoms with Crippen LogP contribution in [0.4, 0.5) is 0 Å². The lowest BCUT2D eigenvalue weighted by atomic mass is 9.78. The van der Waals surface area contributed by atoms with Crippen LogP contribution in [0.3, 0.4) is 0 Å². The van der Waals surface area contributed by atoms with Crippen LogP contribution in [0.15, 0.2) is 121 Å². The summed E-state index contributed by atoms with van der Waals surface area (Å²) in [7, 11) is 0. The van der Waals surface area contributed by atoms with Gasteiger partial charge in [0, 0.05) is 37.9 Å². The Morgan fingerprint density at radius 2 is 1.38 bits per heavy atom. The molecule has 7 nitrogen and oxygen atoms in total. The van der Waals surface area contributed by atoms with Crippen LogP contribution in [0.1, 0.15) is 72.6 Å². The number of nitrogens with zero attached hydrogens (tertiary/aromatic N) is 2. The van der Waals surface area contributed by atoms with Crippen LogP contribution in [0, 0.1) is 0 Å². The molecule has 6 rings (SSSR count). The minimum atomic E-state index is -1.05. The molecule has 2 aliphatic rings. The minimum Gasteiger partial charge on any atom is -0.350 e. The van der Waals surface area contributed by atoms with Crippen molar-refractivity contribution in [3.05, 3.63) is 144 Å². The van der Waals surface area contributed by atoms with Gasteiger partial charge in [-0.15, -0.1) is 0 Å². The summed E-state index contributed by atoms with van der Waals surface area (Å²) in [6.07, 6.45) is 3.45. The van der Waals surface area contributed by atoms with Gasteiger partial charge in [0.25, 0.3) is 0 Å². The molecule has 48 heavy (non-hydrogen) atoms. The van der Waals surface area contributed by atoms with Gasteiger partial charge in [-0.05, 0) is 60.9 Å². The number of nitrogens with two attached hydrogens (primary N) is 1. The van der Waals surface area contributed by atoms with Gasteiger partial charge in [-0.2, -0.15) is 0 Å². The number of amides is 3. The van der Waals surface area contributed by atoms with Crippen molar-refractivity contribution < 1.29 is 14.4 Å². The van der Waals surface area contributed by atoms with Gasteiger partial charge in [-0.1, -0.05) is 121 Å². The molecule has 7 heteroatoms. The van der Waals surface area contributed by atoms with E-state index in [0.717, 1.165) is 35.1 Å². The monoisotopic (exact) mass is 642 g/mol. The highest BCUT2D eigenvalue weighted by Gasteiger charge is 2.61. The number of hydrogen-bond donors (Lipinski definition) is 2. The van der Waals surface area contributed by atoms with Crippen molar-refractivity contribution in [2.45, 2.75) is 68.5 Å². The smallest absolute Gasteiger partial charge is 0.249 e. The third-order valence-corrected chi connectivity index (χ3v) is 10.3. The van der Waals surface area contributed by atoms with Crippen molar-refractivity contribution >= 4 is 17.7 Å². The zero-order valence-electron chi connectivity index (χ0n) is 27.5. The van der Waals surface area contributed by atoms with Gasteiger partial charge in [-0.25, -0.2) is 0 Å². The van der Waals surface area contributed by atoms with E-state index in [1.165, 1.54) is 0 Å². The number of nitrogens with one attached hydrogen (secondary N) is 1. The highest BCUT2D eigenvalue weighted by atomic mass is 16.2. The average Bonchev–Trinajstić information content (AvgIpc) is 3.69. The maximum Gasteiger partial charge on any atom is 0.249 e. The molecule has 248 valence electrons. The molecule has 3 N–H and O–H groups in total. The predicted molar refractivity (Wildman–Crippen MR) is 189 cm³/mol. The highest BCUT2D eigenvalue weighted by Crippen LogP contribution is 2.50. The third-order valence-electron chi connectivity index (χ3n) is 10.3. The van der Waals surface area contributed by atoms with Gasteiger partial charge < -0.3 is 20.9 Å². The second-order valence-electron chi connectivity index (χ2n) is 13.1. The predicted octanol–water partition coefficient (Wildman–Crippen LogP) is 6.01. The molecule has 2 heterocycles. The SMILES string of the molecule is NCCCC[C@@H](C(=O)NCc1ccccc1)N1CC[C@@]2(C1=O)[C@@H](c1ccccc1)CCN2C(=O)CC(c1ccccc1)c1ccccc1. The fraction of sp³-hybridized carbons (Fsp3) is 0.341. The molecule has 2 fully saturated rings. The van der Waals surface area contributed by atoms with E-state index in [2.05, 4.69) is 41.7 Å². The van der Waals surface area contributed by atoms with E-state index in [9.17, 15) is 9.59 Å². The average molecular weight is 643 g/mol. The fourth-order valence-electron chi connectivity index (χ4n) is 7.88. The van der Waals surface area contributed by atoms with Gasteiger partial charge in [0.1, 0.15) is 11.6 Å². The summed E-state index contributed by atoms with van der Waals surface area (Å²) in [5.41, 5.74) is 8.97. The third kappa shape index (κ3) is 6.92. The van der Waals surface area contributed by atoms with Crippen LogP contribution >= 0.6 is 0 Å². The van der Waals surface area contributed by atoms with E-state index < -0.39 is 11.6 Å². The number of hydrogen-bond acceptors (Lipinski definition) is 4. The zero-order valence-corrected chi connectivity index (χ0v) is 27.5. The molecule has 3 atom stereocenters. The Morgan fingerprint density at radius 3 is 1.98 bits per heavy atom. The lowest BCUT2D eigenvalue weighted by molar-refractivity contribution is -0.150. The van der Waals surface area contributed by atoms with Gasteiger partial charge >= 0.3 is 0 Å². The summed E-state index contributed by atoms with van der Waals surface area (Å²) in [5.74, 6) is -0.626. The van der Waals surface area contributed by atoms with E-state index in [1.807, 2.05) is 89.8 Å². The summed E-state index contributed by atoms with van der Waals surface area (Å²) < 4.78 is 0. The van der Waals surface area contributed by atoms with E-state index in [-0.39, 0.29) is 36.0 Å². The topological polar surface area (TPSA) is 95.7 Å². The molecule has 2 aliphatic heterocycles. The molecule has 0 bridgehead atoms. The van der Waals surface area contributed by atoms with Crippen molar-refractivity contribution in [2.75, 3.05) is 19.6 Å². The maximum atomic E-state index is 15.0. The van der Waals surface area contributed by atoms with Gasteiger partial charge in [0.05, 0.1) is 0 Å². The van der Waals surface area contributed by atoms with Crippen molar-refractivity contribution in [1.82, 2.24) is 15.1 Å². The number of unbranched alkanes of at least 4 members (excludes halogenated alkanes) is 1. The van der Waals surface area contributed by atoms with E-state index in [0.29, 0.717) is 45.4 Å². The Morgan fingerprint density at radius 1 is 0.792 bits per heavy atom. The van der Waals surface area contributed by atoms with Crippen molar-refractivity contribution in [3.8, 4) is 0 Å². The Hall–Kier alpha value is -4.75. The molecule has 0 aliphatic carbocycles. The van der Waals surface area contributed by atoms with Crippen LogP contribution < -0.4 is 11.1 Å². The Balaban J connectivity index is 1.31. The number of carbonyl (C=O) groups is 3. The molecule has 4 aromatic carbocycles. The first-order chi connectivity index (χ1) is 23.5. The van der Waals surface area contributed by atoms with Gasteiger partial charge in [-0.3, -0.25) is 14.4 Å². The quantitative estimate of drug-likeness (QED) is 0.175. The number of likely N-dealkylation sites (tertiary alicyclic amines) is 2.